The van der Waals surface area contributed by atoms with Crippen LogP contribution in [-0.4, -0.2) is 86.6 Å². The van der Waals surface area contributed by atoms with E-state index in [1.807, 2.05) is 6.07 Å². The van der Waals surface area contributed by atoms with Gasteiger partial charge in [-0.3, -0.25) is 9.69 Å². The highest BCUT2D eigenvalue weighted by molar-refractivity contribution is 7.86. The first-order chi connectivity index (χ1) is 12.2. The Kier molecular flexibility index (Phi) is 5.43. The lowest BCUT2D eigenvalue weighted by Gasteiger charge is -2.35. The molecule has 1 aromatic heterocycles. The van der Waals surface area contributed by atoms with Gasteiger partial charge in [-0.05, 0) is 30.9 Å². The van der Waals surface area contributed by atoms with Crippen LogP contribution in [0.25, 0.3) is 0 Å². The monoisotopic (exact) mass is 384 g/mol. The van der Waals surface area contributed by atoms with Crippen LogP contribution in [0, 0.1) is 5.92 Å². The predicted octanol–water partition coefficient (Wildman–Crippen LogP) is 0.684. The molecule has 1 aromatic rings. The van der Waals surface area contributed by atoms with Crippen LogP contribution >= 0.6 is 0 Å². The number of carbonyl (C=O) groups excluding carboxylic acids is 1. The SMILES string of the molecule is CN(C)C(=O)c1ccc(CN2C[C@@H]3CC[C@H]2CN(S(=O)(=O)N(C)C)C3)o1. The van der Waals surface area contributed by atoms with Crippen molar-refractivity contribution in [3.63, 3.8) is 0 Å². The second-order valence-corrected chi connectivity index (χ2v) is 9.74. The van der Waals surface area contributed by atoms with Gasteiger partial charge in [-0.2, -0.15) is 17.0 Å². The van der Waals surface area contributed by atoms with Crippen LogP contribution < -0.4 is 0 Å². The Morgan fingerprint density at radius 2 is 1.88 bits per heavy atom. The lowest BCUT2D eigenvalue weighted by atomic mass is 9.95. The fraction of sp³-hybridized carbons (Fsp3) is 0.706. The lowest BCUT2D eigenvalue weighted by molar-refractivity contribution is 0.0786. The van der Waals surface area contributed by atoms with Gasteiger partial charge in [-0.1, -0.05) is 0 Å². The number of nitrogens with zero attached hydrogens (tertiary/aromatic N) is 4. The zero-order chi connectivity index (χ0) is 19.1. The molecule has 26 heavy (non-hydrogen) atoms. The van der Waals surface area contributed by atoms with Crippen molar-refractivity contribution in [2.24, 2.45) is 5.92 Å². The molecule has 2 atom stereocenters. The molecule has 8 nitrogen and oxygen atoms in total. The Bertz CT molecular complexity index is 759. The second kappa shape index (κ2) is 7.30. The van der Waals surface area contributed by atoms with Crippen molar-refractivity contribution in [2.75, 3.05) is 47.8 Å². The maximum Gasteiger partial charge on any atom is 0.289 e. The van der Waals surface area contributed by atoms with Gasteiger partial charge in [-0.15, -0.1) is 0 Å². The minimum absolute atomic E-state index is 0.156. The van der Waals surface area contributed by atoms with Gasteiger partial charge in [0.1, 0.15) is 5.76 Å². The minimum Gasteiger partial charge on any atom is -0.455 e. The molecule has 0 spiro atoms. The van der Waals surface area contributed by atoms with E-state index >= 15 is 0 Å². The van der Waals surface area contributed by atoms with Gasteiger partial charge >= 0.3 is 0 Å². The average Bonchev–Trinajstić information content (AvgIpc) is 2.83. The topological polar surface area (TPSA) is 77.3 Å². The first-order valence-electron chi connectivity index (χ1n) is 8.90. The van der Waals surface area contributed by atoms with Crippen molar-refractivity contribution in [3.05, 3.63) is 23.7 Å². The van der Waals surface area contributed by atoms with E-state index in [1.165, 1.54) is 9.21 Å². The van der Waals surface area contributed by atoms with E-state index in [9.17, 15) is 13.2 Å². The van der Waals surface area contributed by atoms with Crippen LogP contribution in [0.15, 0.2) is 16.5 Å². The van der Waals surface area contributed by atoms with Crippen LogP contribution in [-0.2, 0) is 16.8 Å². The Hall–Kier alpha value is -1.42. The zero-order valence-electron chi connectivity index (χ0n) is 15.9. The Labute approximate surface area is 155 Å². The van der Waals surface area contributed by atoms with E-state index in [4.69, 9.17) is 4.42 Å². The minimum atomic E-state index is -3.40. The van der Waals surface area contributed by atoms with Crippen LogP contribution in [0.3, 0.4) is 0 Å². The van der Waals surface area contributed by atoms with Crippen LogP contribution in [0.4, 0.5) is 0 Å². The first-order valence-corrected chi connectivity index (χ1v) is 10.3. The summed E-state index contributed by atoms with van der Waals surface area (Å²) in [7, 11) is 3.14. The second-order valence-electron chi connectivity index (χ2n) is 7.60. The number of carbonyl (C=O) groups is 1. The van der Waals surface area contributed by atoms with E-state index in [0.717, 1.165) is 25.1 Å². The molecule has 3 saturated heterocycles. The maximum atomic E-state index is 12.5. The third kappa shape index (κ3) is 3.80. The number of piperidine rings is 1. The highest BCUT2D eigenvalue weighted by atomic mass is 32.2. The summed E-state index contributed by atoms with van der Waals surface area (Å²) >= 11 is 0. The Morgan fingerprint density at radius 3 is 2.54 bits per heavy atom. The van der Waals surface area contributed by atoms with Crippen LogP contribution in [0.1, 0.15) is 29.2 Å². The molecule has 1 amide bonds. The highest BCUT2D eigenvalue weighted by Crippen LogP contribution is 2.31. The summed E-state index contributed by atoms with van der Waals surface area (Å²) in [4.78, 5) is 15.8. The number of rotatable bonds is 5. The molecule has 4 heterocycles. The molecule has 0 aliphatic carbocycles. The van der Waals surface area contributed by atoms with Gasteiger partial charge < -0.3 is 9.32 Å². The fourth-order valence-corrected chi connectivity index (χ4v) is 4.97. The van der Waals surface area contributed by atoms with Crippen molar-refractivity contribution < 1.29 is 17.6 Å². The summed E-state index contributed by atoms with van der Waals surface area (Å²) in [6.45, 7) is 2.51. The maximum absolute atomic E-state index is 12.5. The predicted molar refractivity (Wildman–Crippen MR) is 97.8 cm³/mol. The van der Waals surface area contributed by atoms with Gasteiger partial charge in [0.2, 0.25) is 0 Å². The summed E-state index contributed by atoms with van der Waals surface area (Å²) in [6.07, 6.45) is 2.03. The van der Waals surface area contributed by atoms with E-state index in [2.05, 4.69) is 4.90 Å². The molecule has 0 aromatic carbocycles. The summed E-state index contributed by atoms with van der Waals surface area (Å²) in [6, 6.07) is 3.71. The molecule has 146 valence electrons. The van der Waals surface area contributed by atoms with Crippen LogP contribution in [0.5, 0.6) is 0 Å². The highest BCUT2D eigenvalue weighted by Gasteiger charge is 2.39. The zero-order valence-corrected chi connectivity index (χ0v) is 16.7. The van der Waals surface area contributed by atoms with E-state index in [1.54, 1.807) is 38.6 Å². The normalized spacial score (nSPS) is 24.8. The van der Waals surface area contributed by atoms with Gasteiger partial charge in [0.15, 0.2) is 5.76 Å². The van der Waals surface area contributed by atoms with Crippen molar-refractivity contribution >= 4 is 16.1 Å². The molecule has 9 heteroatoms. The molecule has 3 aliphatic heterocycles. The average molecular weight is 385 g/mol. The molecular formula is C17H28N4O4S. The standard InChI is InChI=1S/C17H28N4O4S/c1-18(2)17(22)16-8-7-15(25-16)12-20-9-13-5-6-14(20)11-21(10-13)26(23,24)19(3)4/h7-8,13-14H,5-6,9-12H2,1-4H3/t13-,14-/m0/s1. The Morgan fingerprint density at radius 1 is 1.15 bits per heavy atom. The van der Waals surface area contributed by atoms with Gasteiger partial charge in [0, 0.05) is 53.9 Å². The quantitative estimate of drug-likeness (QED) is 0.746. The number of amides is 1. The number of hydrogen-bond donors (Lipinski definition) is 0. The van der Waals surface area contributed by atoms with E-state index in [0.29, 0.717) is 31.3 Å². The summed E-state index contributed by atoms with van der Waals surface area (Å²) in [5.41, 5.74) is 0. The van der Waals surface area contributed by atoms with Crippen molar-refractivity contribution in [2.45, 2.75) is 25.4 Å². The van der Waals surface area contributed by atoms with Crippen molar-refractivity contribution in [3.8, 4) is 0 Å². The summed E-state index contributed by atoms with van der Waals surface area (Å²) < 4.78 is 33.7. The molecule has 2 bridgehead atoms. The molecule has 0 N–H and O–H groups in total. The van der Waals surface area contributed by atoms with E-state index < -0.39 is 10.2 Å². The molecule has 0 radical (unpaired) electrons. The van der Waals surface area contributed by atoms with Crippen molar-refractivity contribution in [1.82, 2.24) is 18.4 Å². The van der Waals surface area contributed by atoms with Gasteiger partial charge in [0.05, 0.1) is 6.54 Å². The summed E-state index contributed by atoms with van der Waals surface area (Å²) in [5, 5.41) is 0. The molecular weight excluding hydrogens is 356 g/mol. The summed E-state index contributed by atoms with van der Waals surface area (Å²) in [5.74, 6) is 1.24. The van der Waals surface area contributed by atoms with Crippen LogP contribution in [0.2, 0.25) is 0 Å². The Balaban J connectivity index is 1.72. The fourth-order valence-electron chi connectivity index (χ4n) is 3.75. The van der Waals surface area contributed by atoms with E-state index in [-0.39, 0.29) is 11.9 Å². The third-order valence-corrected chi connectivity index (χ3v) is 7.09. The van der Waals surface area contributed by atoms with Gasteiger partial charge in [0.25, 0.3) is 16.1 Å². The van der Waals surface area contributed by atoms with Gasteiger partial charge in [-0.25, -0.2) is 0 Å². The molecule has 4 rings (SSSR count). The largest absolute Gasteiger partial charge is 0.455 e. The molecule has 3 aliphatic rings. The van der Waals surface area contributed by atoms with Crippen molar-refractivity contribution in [1.29, 1.82) is 0 Å². The first kappa shape index (κ1) is 19.3. The molecule has 0 unspecified atom stereocenters. The smallest absolute Gasteiger partial charge is 0.289 e. The number of hydrogen-bond acceptors (Lipinski definition) is 5. The third-order valence-electron chi connectivity index (χ3n) is 5.22. The lowest BCUT2D eigenvalue weighted by Crippen LogP contribution is -2.45. The molecule has 0 saturated carbocycles. The number of fused-ring (bicyclic) bond motifs is 4. The number of furan rings is 1. The molecule has 3 fully saturated rings.